The van der Waals surface area contributed by atoms with Crippen LogP contribution >= 0.6 is 0 Å². The van der Waals surface area contributed by atoms with Crippen molar-refractivity contribution in [2.24, 2.45) is 0 Å². The Morgan fingerprint density at radius 1 is 1.12 bits per heavy atom. The Labute approximate surface area is 126 Å². The Morgan fingerprint density at radius 3 is 2.47 bits per heavy atom. The topological polar surface area (TPSA) is 26.3 Å². The van der Waals surface area contributed by atoms with Gasteiger partial charge in [0.1, 0.15) is 5.75 Å². The molecule has 0 spiro atoms. The van der Waals surface area contributed by atoms with E-state index < -0.39 is 0 Å². The third-order valence-electron chi connectivity index (χ3n) is 2.23. The van der Waals surface area contributed by atoms with Crippen molar-refractivity contribution in [3.05, 3.63) is 65.7 Å². The third-order valence-corrected chi connectivity index (χ3v) is 2.23. The predicted octanol–water partition coefficient (Wildman–Crippen LogP) is 3.01. The fourth-order valence-corrected chi connectivity index (χ4v) is 1.35. The Hall–Kier alpha value is -0.986. The molecule has 2 nitrogen and oxygen atoms in total. The van der Waals surface area contributed by atoms with Gasteiger partial charge in [0.15, 0.2) is 0 Å². The molecular formula is C14H11O2Y-. The zero-order chi connectivity index (χ0) is 11.4. The van der Waals surface area contributed by atoms with E-state index in [2.05, 4.69) is 6.07 Å². The predicted molar refractivity (Wildman–Crippen MR) is 61.4 cm³/mol. The molecule has 0 aliphatic heterocycles. The van der Waals surface area contributed by atoms with E-state index in [-0.39, 0.29) is 38.7 Å². The maximum Gasteiger partial charge on any atom is 0.255 e. The number of hydrogen-bond donors (Lipinski definition) is 0. The van der Waals surface area contributed by atoms with E-state index in [0.717, 1.165) is 5.56 Å². The summed E-state index contributed by atoms with van der Waals surface area (Å²) < 4.78 is 5.26. The van der Waals surface area contributed by atoms with Crippen LogP contribution < -0.4 is 4.74 Å². The number of carbonyl (C=O) groups excluding carboxylic acids is 1. The van der Waals surface area contributed by atoms with Crippen molar-refractivity contribution in [2.45, 2.75) is 6.92 Å². The average Bonchev–Trinajstić information content (AvgIpc) is 2.33. The molecular weight excluding hydrogens is 289 g/mol. The normalized spacial score (nSPS) is 9.24. The van der Waals surface area contributed by atoms with Crippen molar-refractivity contribution in [2.75, 3.05) is 0 Å². The molecule has 0 N–H and O–H groups in total. The van der Waals surface area contributed by atoms with Gasteiger partial charge >= 0.3 is 0 Å². The van der Waals surface area contributed by atoms with Crippen molar-refractivity contribution in [1.82, 2.24) is 0 Å². The number of para-hydroxylation sites is 1. The molecule has 0 heterocycles. The van der Waals surface area contributed by atoms with Gasteiger partial charge in [-0.3, -0.25) is 0 Å². The molecule has 0 amide bonds. The summed E-state index contributed by atoms with van der Waals surface area (Å²) in [6.45, 7) is 1.90. The molecule has 2 aromatic carbocycles. The molecule has 0 saturated heterocycles. The second kappa shape index (κ2) is 6.68. The van der Waals surface area contributed by atoms with Crippen molar-refractivity contribution in [3.63, 3.8) is 0 Å². The Bertz CT molecular complexity index is 495. The quantitative estimate of drug-likeness (QED) is 0.484. The van der Waals surface area contributed by atoms with Crippen LogP contribution in [0.5, 0.6) is 5.75 Å². The molecule has 2 rings (SSSR count). The van der Waals surface area contributed by atoms with Gasteiger partial charge in [-0.2, -0.15) is 0 Å². The van der Waals surface area contributed by atoms with Crippen molar-refractivity contribution in [1.29, 1.82) is 0 Å². The standard InChI is InChI=1S/C14H11O2.Y/c1-11-7-5-6-10-13(11)16-14(15)12-8-3-2-4-9-12;/h2-8,10H,1H3;/q-1;. The van der Waals surface area contributed by atoms with Crippen LogP contribution in [0.1, 0.15) is 15.9 Å². The number of esters is 1. The van der Waals surface area contributed by atoms with Gasteiger partial charge in [-0.1, -0.05) is 23.8 Å². The molecule has 0 aliphatic carbocycles. The van der Waals surface area contributed by atoms with Gasteiger partial charge in [0.2, 0.25) is 0 Å². The SMILES string of the molecule is Cc1ccccc1OC(=O)c1[c-]cccc1.[Y]. The molecule has 0 fully saturated rings. The molecule has 2 aromatic rings. The van der Waals surface area contributed by atoms with Crippen LogP contribution in [0.3, 0.4) is 0 Å². The van der Waals surface area contributed by atoms with Crippen LogP contribution in [-0.4, -0.2) is 5.97 Å². The molecule has 0 aliphatic rings. The fraction of sp³-hybridized carbons (Fsp3) is 0.0714. The maximum absolute atomic E-state index is 11.7. The van der Waals surface area contributed by atoms with E-state index in [9.17, 15) is 4.79 Å². The van der Waals surface area contributed by atoms with E-state index in [1.807, 2.05) is 31.2 Å². The van der Waals surface area contributed by atoms with E-state index in [1.165, 1.54) is 0 Å². The molecule has 83 valence electrons. The van der Waals surface area contributed by atoms with Crippen molar-refractivity contribution in [3.8, 4) is 5.75 Å². The number of hydrogen-bond acceptors (Lipinski definition) is 2. The van der Waals surface area contributed by atoms with Crippen LogP contribution in [0.15, 0.2) is 48.5 Å². The monoisotopic (exact) mass is 300 g/mol. The molecule has 0 atom stereocenters. The first-order chi connectivity index (χ1) is 7.77. The van der Waals surface area contributed by atoms with Gasteiger partial charge in [0.05, 0.1) is 0 Å². The maximum atomic E-state index is 11.7. The summed E-state index contributed by atoms with van der Waals surface area (Å²) in [5.41, 5.74) is 1.37. The molecule has 0 saturated carbocycles. The zero-order valence-corrected chi connectivity index (χ0v) is 12.4. The van der Waals surface area contributed by atoms with Gasteiger partial charge in [-0.15, -0.1) is 30.3 Å². The first-order valence-corrected chi connectivity index (χ1v) is 5.02. The minimum Gasteiger partial charge on any atom is -0.467 e. The second-order valence-corrected chi connectivity index (χ2v) is 3.43. The van der Waals surface area contributed by atoms with Gasteiger partial charge in [0.25, 0.3) is 5.97 Å². The van der Waals surface area contributed by atoms with Crippen LogP contribution in [0.4, 0.5) is 0 Å². The number of rotatable bonds is 2. The van der Waals surface area contributed by atoms with E-state index >= 15 is 0 Å². The molecule has 1 radical (unpaired) electrons. The Morgan fingerprint density at radius 2 is 1.82 bits per heavy atom. The van der Waals surface area contributed by atoms with Gasteiger partial charge in [-0.25, -0.2) is 0 Å². The number of carbonyl (C=O) groups is 1. The summed E-state index contributed by atoms with van der Waals surface area (Å²) in [7, 11) is 0. The summed E-state index contributed by atoms with van der Waals surface area (Å²) in [6, 6.07) is 17.2. The van der Waals surface area contributed by atoms with Crippen molar-refractivity contribution < 1.29 is 42.2 Å². The second-order valence-electron chi connectivity index (χ2n) is 3.43. The summed E-state index contributed by atoms with van der Waals surface area (Å²) in [5.74, 6) is 0.208. The number of benzene rings is 2. The first kappa shape index (κ1) is 14.1. The Kier molecular flexibility index (Phi) is 5.53. The van der Waals surface area contributed by atoms with E-state index in [4.69, 9.17) is 4.74 Å². The summed E-state index contributed by atoms with van der Waals surface area (Å²) >= 11 is 0. The summed E-state index contributed by atoms with van der Waals surface area (Å²) in [6.07, 6.45) is 0. The Balaban J connectivity index is 0.00000144. The summed E-state index contributed by atoms with van der Waals surface area (Å²) in [4.78, 5) is 11.7. The minimum absolute atomic E-state index is 0. The van der Waals surface area contributed by atoms with Crippen LogP contribution in [-0.2, 0) is 32.7 Å². The van der Waals surface area contributed by atoms with E-state index in [1.54, 1.807) is 24.3 Å². The van der Waals surface area contributed by atoms with Crippen molar-refractivity contribution >= 4 is 5.97 Å². The number of aryl methyl sites for hydroxylation is 1. The number of ether oxygens (including phenoxy) is 1. The largest absolute Gasteiger partial charge is 0.467 e. The third kappa shape index (κ3) is 3.76. The first-order valence-electron chi connectivity index (χ1n) is 5.02. The molecule has 0 aromatic heterocycles. The van der Waals surface area contributed by atoms with Gasteiger partial charge in [-0.05, 0) is 18.6 Å². The van der Waals surface area contributed by atoms with Crippen LogP contribution in [0, 0.1) is 13.0 Å². The van der Waals surface area contributed by atoms with E-state index in [0.29, 0.717) is 11.3 Å². The molecule has 0 bridgehead atoms. The van der Waals surface area contributed by atoms with Gasteiger partial charge in [0, 0.05) is 32.7 Å². The smallest absolute Gasteiger partial charge is 0.255 e. The fourth-order valence-electron chi connectivity index (χ4n) is 1.35. The summed E-state index contributed by atoms with van der Waals surface area (Å²) in [5, 5.41) is 0. The van der Waals surface area contributed by atoms with Crippen LogP contribution in [0.25, 0.3) is 0 Å². The minimum atomic E-state index is -0.380. The zero-order valence-electron chi connectivity index (χ0n) is 9.51. The molecule has 0 unspecified atom stereocenters. The molecule has 3 heteroatoms. The van der Waals surface area contributed by atoms with Gasteiger partial charge < -0.3 is 9.53 Å². The molecule has 17 heavy (non-hydrogen) atoms. The average molecular weight is 300 g/mol. The van der Waals surface area contributed by atoms with Crippen LogP contribution in [0.2, 0.25) is 0 Å².